The van der Waals surface area contributed by atoms with Gasteiger partial charge in [0.25, 0.3) is 0 Å². The van der Waals surface area contributed by atoms with Gasteiger partial charge in [-0.15, -0.1) is 0 Å². The highest BCUT2D eigenvalue weighted by atomic mass is 16.7. The zero-order valence-corrected chi connectivity index (χ0v) is 5.01. The van der Waals surface area contributed by atoms with Crippen LogP contribution in [0.1, 0.15) is 0 Å². The second kappa shape index (κ2) is 2.30. The van der Waals surface area contributed by atoms with E-state index >= 15 is 0 Å². The number of hydrogen-bond donors (Lipinski definition) is 4. The van der Waals surface area contributed by atoms with Gasteiger partial charge in [0.05, 0.1) is 0 Å². The van der Waals surface area contributed by atoms with Crippen molar-refractivity contribution in [2.45, 2.75) is 18.4 Å². The van der Waals surface area contributed by atoms with Gasteiger partial charge >= 0.3 is 0 Å². The summed E-state index contributed by atoms with van der Waals surface area (Å²) in [6.07, 6.45) is -1.23. The average molecular weight is 148 g/mol. The normalized spacial score (nSPS) is 39.5. The summed E-state index contributed by atoms with van der Waals surface area (Å²) < 4.78 is 4.31. The summed E-state index contributed by atoms with van der Waals surface area (Å²) in [5.41, 5.74) is 0. The quantitative estimate of drug-likeness (QED) is 0.252. The van der Waals surface area contributed by atoms with Crippen molar-refractivity contribution in [3.8, 4) is 0 Å². The van der Waals surface area contributed by atoms with E-state index in [0.717, 1.165) is 12.2 Å². The van der Waals surface area contributed by atoms with Crippen molar-refractivity contribution < 1.29 is 25.2 Å². The van der Waals surface area contributed by atoms with Gasteiger partial charge in [-0.2, -0.15) is 0 Å². The second-order valence-corrected chi connectivity index (χ2v) is 1.99. The van der Waals surface area contributed by atoms with Crippen LogP contribution in [0.25, 0.3) is 0 Å². The van der Waals surface area contributed by atoms with E-state index in [9.17, 15) is 0 Å². The van der Waals surface area contributed by atoms with Crippen molar-refractivity contribution in [3.05, 3.63) is 12.2 Å². The van der Waals surface area contributed by atoms with Crippen molar-refractivity contribution in [1.29, 1.82) is 0 Å². The van der Waals surface area contributed by atoms with Crippen LogP contribution in [0.3, 0.4) is 0 Å². The lowest BCUT2D eigenvalue weighted by atomic mass is 10.3. The molecule has 0 bridgehead atoms. The Morgan fingerprint density at radius 2 is 2.10 bits per heavy atom. The van der Waals surface area contributed by atoms with E-state index in [4.69, 9.17) is 20.4 Å². The maximum atomic E-state index is 8.97. The Morgan fingerprint density at radius 1 is 1.50 bits per heavy atom. The Labute approximate surface area is 56.8 Å². The molecule has 0 radical (unpaired) electrons. The molecule has 5 heteroatoms. The first-order valence-electron chi connectivity index (χ1n) is 2.68. The minimum absolute atomic E-state index is 0.975. The molecule has 1 aliphatic heterocycles. The number of aliphatic hydroxyl groups excluding tert-OH is 2. The molecule has 0 spiro atoms. The Kier molecular flexibility index (Phi) is 1.76. The van der Waals surface area contributed by atoms with Crippen molar-refractivity contribution >= 4 is 0 Å². The fourth-order valence-corrected chi connectivity index (χ4v) is 0.639. The first-order chi connectivity index (χ1) is 4.54. The summed E-state index contributed by atoms with van der Waals surface area (Å²) in [5, 5.41) is 34.5. The van der Waals surface area contributed by atoms with E-state index in [-0.39, 0.29) is 0 Å². The lowest BCUT2D eigenvalue weighted by Gasteiger charge is -2.22. The minimum Gasteiger partial charge on any atom is -0.365 e. The summed E-state index contributed by atoms with van der Waals surface area (Å²) in [4.78, 5) is 0. The number of ether oxygens (including phenoxy) is 1. The molecule has 0 aromatic rings. The second-order valence-electron chi connectivity index (χ2n) is 1.99. The van der Waals surface area contributed by atoms with Crippen LogP contribution in [0.15, 0.2) is 12.2 Å². The zero-order valence-electron chi connectivity index (χ0n) is 5.01. The Bertz CT molecular complexity index is 154. The third-order valence-electron chi connectivity index (χ3n) is 1.18. The van der Waals surface area contributed by atoms with Gasteiger partial charge in [-0.25, -0.2) is 0 Å². The SMILES string of the molecule is OC1C=CC(O)(C(O)O)O1. The standard InChI is InChI=1S/C5H8O5/c6-3-1-2-5(9,10-3)4(7)8/h1-4,6-9H. The van der Waals surface area contributed by atoms with Crippen LogP contribution in [-0.4, -0.2) is 38.8 Å². The highest BCUT2D eigenvalue weighted by Gasteiger charge is 2.39. The number of rotatable bonds is 1. The molecule has 0 aliphatic carbocycles. The summed E-state index contributed by atoms with van der Waals surface area (Å²) >= 11 is 0. The third kappa shape index (κ3) is 1.18. The molecule has 2 atom stereocenters. The van der Waals surface area contributed by atoms with E-state index in [1.165, 1.54) is 0 Å². The molecule has 4 N–H and O–H groups in total. The fraction of sp³-hybridized carbons (Fsp3) is 0.600. The van der Waals surface area contributed by atoms with Crippen LogP contribution in [0.2, 0.25) is 0 Å². The maximum Gasteiger partial charge on any atom is 0.240 e. The minimum atomic E-state index is -2.15. The molecule has 58 valence electrons. The molecule has 1 heterocycles. The van der Waals surface area contributed by atoms with E-state index < -0.39 is 18.4 Å². The van der Waals surface area contributed by atoms with E-state index in [1.54, 1.807) is 0 Å². The van der Waals surface area contributed by atoms with Crippen LogP contribution in [0.4, 0.5) is 0 Å². The van der Waals surface area contributed by atoms with Gasteiger partial charge in [-0.3, -0.25) is 0 Å². The van der Waals surface area contributed by atoms with Crippen LogP contribution >= 0.6 is 0 Å². The molecule has 2 unspecified atom stereocenters. The van der Waals surface area contributed by atoms with Gasteiger partial charge in [0.1, 0.15) is 0 Å². The molecule has 0 amide bonds. The van der Waals surface area contributed by atoms with Gasteiger partial charge in [-0.1, -0.05) is 0 Å². The predicted molar refractivity (Wildman–Crippen MR) is 29.4 cm³/mol. The fourth-order valence-electron chi connectivity index (χ4n) is 0.639. The monoisotopic (exact) mass is 148 g/mol. The summed E-state index contributed by atoms with van der Waals surface area (Å²) in [7, 11) is 0. The molecule has 0 aromatic heterocycles. The van der Waals surface area contributed by atoms with Gasteiger partial charge in [-0.05, 0) is 12.2 Å². The molecule has 0 aromatic carbocycles. The van der Waals surface area contributed by atoms with Crippen LogP contribution in [0.5, 0.6) is 0 Å². The molecule has 1 rings (SSSR count). The summed E-state index contributed by atoms with van der Waals surface area (Å²) in [5.74, 6) is -2.15. The van der Waals surface area contributed by atoms with Crippen LogP contribution < -0.4 is 0 Å². The van der Waals surface area contributed by atoms with Gasteiger partial charge in [0, 0.05) is 0 Å². The van der Waals surface area contributed by atoms with Gasteiger partial charge in [0.2, 0.25) is 12.1 Å². The largest absolute Gasteiger partial charge is 0.365 e. The van der Waals surface area contributed by atoms with Crippen molar-refractivity contribution in [2.75, 3.05) is 0 Å². The molecule has 1 aliphatic rings. The zero-order chi connectivity index (χ0) is 7.78. The molecule has 10 heavy (non-hydrogen) atoms. The van der Waals surface area contributed by atoms with Crippen molar-refractivity contribution in [2.24, 2.45) is 0 Å². The molecule has 0 fully saturated rings. The first-order valence-corrected chi connectivity index (χ1v) is 2.68. The Morgan fingerprint density at radius 3 is 2.30 bits per heavy atom. The topological polar surface area (TPSA) is 90.2 Å². The molecular weight excluding hydrogens is 140 g/mol. The van der Waals surface area contributed by atoms with E-state index in [2.05, 4.69) is 4.74 Å². The van der Waals surface area contributed by atoms with Crippen molar-refractivity contribution in [1.82, 2.24) is 0 Å². The highest BCUT2D eigenvalue weighted by molar-refractivity contribution is 5.04. The van der Waals surface area contributed by atoms with Gasteiger partial charge < -0.3 is 25.2 Å². The predicted octanol–water partition coefficient (Wildman–Crippen LogP) is -2.11. The van der Waals surface area contributed by atoms with E-state index in [1.807, 2.05) is 0 Å². The smallest absolute Gasteiger partial charge is 0.240 e. The van der Waals surface area contributed by atoms with Crippen LogP contribution in [-0.2, 0) is 4.74 Å². The summed E-state index contributed by atoms with van der Waals surface area (Å²) in [6.45, 7) is 0. The Hall–Kier alpha value is -0.460. The lowest BCUT2D eigenvalue weighted by Crippen LogP contribution is -2.42. The number of aliphatic hydroxyl groups is 4. The lowest BCUT2D eigenvalue weighted by molar-refractivity contribution is -0.307. The molecule has 0 saturated carbocycles. The first kappa shape index (κ1) is 7.64. The maximum absolute atomic E-state index is 8.97. The highest BCUT2D eigenvalue weighted by Crippen LogP contribution is 2.21. The summed E-state index contributed by atoms with van der Waals surface area (Å²) in [6, 6.07) is 0. The van der Waals surface area contributed by atoms with Crippen molar-refractivity contribution in [3.63, 3.8) is 0 Å². The van der Waals surface area contributed by atoms with E-state index in [0.29, 0.717) is 0 Å². The molecular formula is C5H8O5. The molecule has 0 saturated heterocycles. The molecule has 5 nitrogen and oxygen atoms in total. The number of hydrogen-bond acceptors (Lipinski definition) is 5. The van der Waals surface area contributed by atoms with Crippen LogP contribution in [0, 0.1) is 0 Å². The average Bonchev–Trinajstić information content (AvgIpc) is 2.13. The third-order valence-corrected chi connectivity index (χ3v) is 1.18. The Balaban J connectivity index is 2.65. The van der Waals surface area contributed by atoms with Gasteiger partial charge in [0.15, 0.2) is 6.29 Å².